The molecular weight excluding hydrogens is 420 g/mol. The third kappa shape index (κ3) is 3.38. The zero-order valence-corrected chi connectivity index (χ0v) is 16.2. The average molecular weight is 432 g/mol. The van der Waals surface area contributed by atoms with Crippen LogP contribution in [0.3, 0.4) is 0 Å². The van der Waals surface area contributed by atoms with E-state index >= 15 is 0 Å². The summed E-state index contributed by atoms with van der Waals surface area (Å²) < 4.78 is 29.6. The largest absolute Gasteiger partial charge is 0.263 e. The van der Waals surface area contributed by atoms with E-state index in [9.17, 15) is 8.42 Å². The first-order valence-corrected chi connectivity index (χ1v) is 10.1. The minimum atomic E-state index is -3.71. The number of sulfonamides is 1. The second-order valence-electron chi connectivity index (χ2n) is 5.10. The highest BCUT2D eigenvalue weighted by atomic mass is 79.9. The fourth-order valence-electron chi connectivity index (χ4n) is 2.16. The van der Waals surface area contributed by atoms with Gasteiger partial charge in [-0.1, -0.05) is 38.9 Å². The van der Waals surface area contributed by atoms with Gasteiger partial charge in [0.15, 0.2) is 5.13 Å². The molecule has 4 nitrogen and oxygen atoms in total. The first-order valence-electron chi connectivity index (χ1n) is 6.62. The predicted octanol–water partition coefficient (Wildman–Crippen LogP) is 5.13. The van der Waals surface area contributed by atoms with Gasteiger partial charge in [0.05, 0.1) is 15.1 Å². The van der Waals surface area contributed by atoms with Gasteiger partial charge in [-0.05, 0) is 55.3 Å². The average Bonchev–Trinajstić information content (AvgIpc) is 2.83. The molecule has 0 atom stereocenters. The molecule has 0 aliphatic heterocycles. The van der Waals surface area contributed by atoms with Gasteiger partial charge in [0.25, 0.3) is 10.0 Å². The summed E-state index contributed by atoms with van der Waals surface area (Å²) in [5, 5.41) is 0.886. The van der Waals surface area contributed by atoms with Crippen LogP contribution < -0.4 is 4.72 Å². The Balaban J connectivity index is 2.01. The van der Waals surface area contributed by atoms with Crippen LogP contribution in [0.25, 0.3) is 10.2 Å². The topological polar surface area (TPSA) is 59.1 Å². The summed E-state index contributed by atoms with van der Waals surface area (Å²) in [6.07, 6.45) is 0. The number of fused-ring (bicyclic) bond motifs is 1. The van der Waals surface area contributed by atoms with E-state index in [4.69, 9.17) is 11.6 Å². The maximum absolute atomic E-state index is 12.6. The zero-order valence-electron chi connectivity index (χ0n) is 12.2. The van der Waals surface area contributed by atoms with Gasteiger partial charge in [0.2, 0.25) is 0 Å². The van der Waals surface area contributed by atoms with Crippen LogP contribution in [-0.2, 0) is 10.0 Å². The molecule has 1 N–H and O–H groups in total. The molecule has 0 unspecified atom stereocenters. The van der Waals surface area contributed by atoms with Crippen molar-refractivity contribution in [3.8, 4) is 0 Å². The molecule has 3 aromatic rings. The van der Waals surface area contributed by atoms with Crippen LogP contribution >= 0.6 is 38.9 Å². The zero-order chi connectivity index (χ0) is 16.8. The quantitative estimate of drug-likeness (QED) is 0.625. The molecule has 8 heteroatoms. The lowest BCUT2D eigenvalue weighted by atomic mass is 10.2. The van der Waals surface area contributed by atoms with E-state index in [1.54, 1.807) is 26.0 Å². The smallest absolute Gasteiger partial charge is 0.255 e. The molecule has 0 radical (unpaired) electrons. The summed E-state index contributed by atoms with van der Waals surface area (Å²) in [4.78, 5) is 4.52. The number of nitrogens with zero attached hydrogens (tertiary/aromatic N) is 1. The molecule has 1 heterocycles. The number of halogens is 2. The molecule has 0 bridgehead atoms. The molecule has 2 aromatic carbocycles. The van der Waals surface area contributed by atoms with Crippen molar-refractivity contribution in [1.29, 1.82) is 0 Å². The summed E-state index contributed by atoms with van der Waals surface area (Å²) in [5.74, 6) is 0. The van der Waals surface area contributed by atoms with Crippen molar-refractivity contribution in [2.75, 3.05) is 4.72 Å². The van der Waals surface area contributed by atoms with E-state index in [0.717, 1.165) is 14.7 Å². The van der Waals surface area contributed by atoms with Crippen LogP contribution in [-0.4, -0.2) is 13.4 Å². The van der Waals surface area contributed by atoms with Crippen molar-refractivity contribution in [2.45, 2.75) is 18.7 Å². The number of benzene rings is 2. The van der Waals surface area contributed by atoms with Gasteiger partial charge >= 0.3 is 0 Å². The Morgan fingerprint density at radius 3 is 2.65 bits per heavy atom. The maximum Gasteiger partial charge on any atom is 0.263 e. The van der Waals surface area contributed by atoms with Gasteiger partial charge in [0, 0.05) is 9.50 Å². The number of anilines is 1. The Labute approximate surface area is 151 Å². The third-order valence-electron chi connectivity index (χ3n) is 3.32. The summed E-state index contributed by atoms with van der Waals surface area (Å²) in [7, 11) is -3.71. The van der Waals surface area contributed by atoms with Gasteiger partial charge in [-0.25, -0.2) is 13.4 Å². The van der Waals surface area contributed by atoms with E-state index < -0.39 is 10.0 Å². The highest BCUT2D eigenvalue weighted by molar-refractivity contribution is 9.10. The molecule has 0 saturated carbocycles. The predicted molar refractivity (Wildman–Crippen MR) is 99.1 cm³/mol. The first-order chi connectivity index (χ1) is 10.8. The Hall–Kier alpha value is -1.15. The van der Waals surface area contributed by atoms with Gasteiger partial charge in [-0.3, -0.25) is 4.72 Å². The normalized spacial score (nSPS) is 11.8. The fourth-order valence-corrected chi connectivity index (χ4v) is 5.34. The number of aromatic nitrogens is 1. The molecule has 120 valence electrons. The van der Waals surface area contributed by atoms with Crippen molar-refractivity contribution >= 4 is 64.2 Å². The van der Waals surface area contributed by atoms with Crippen LogP contribution in [0.1, 0.15) is 11.1 Å². The Kier molecular flexibility index (Phi) is 4.39. The van der Waals surface area contributed by atoms with Crippen LogP contribution in [0.5, 0.6) is 0 Å². The summed E-state index contributed by atoms with van der Waals surface area (Å²) in [6, 6.07) is 8.84. The maximum atomic E-state index is 12.6. The Morgan fingerprint density at radius 2 is 1.91 bits per heavy atom. The van der Waals surface area contributed by atoms with Gasteiger partial charge in [-0.2, -0.15) is 0 Å². The highest BCUT2D eigenvalue weighted by Crippen LogP contribution is 2.31. The highest BCUT2D eigenvalue weighted by Gasteiger charge is 2.20. The summed E-state index contributed by atoms with van der Waals surface area (Å²) >= 11 is 10.7. The molecule has 3 rings (SSSR count). The molecule has 0 fully saturated rings. The first kappa shape index (κ1) is 16.7. The molecule has 1 aromatic heterocycles. The van der Waals surface area contributed by atoms with Crippen LogP contribution in [0.15, 0.2) is 39.7 Å². The Morgan fingerprint density at radius 1 is 1.17 bits per heavy atom. The van der Waals surface area contributed by atoms with Crippen molar-refractivity contribution < 1.29 is 8.42 Å². The van der Waals surface area contributed by atoms with E-state index in [1.807, 2.05) is 18.2 Å². The van der Waals surface area contributed by atoms with Gasteiger partial charge in [-0.15, -0.1) is 0 Å². The molecule has 0 aliphatic rings. The molecule has 23 heavy (non-hydrogen) atoms. The van der Waals surface area contributed by atoms with Crippen molar-refractivity contribution in [3.05, 3.63) is 51.0 Å². The number of aryl methyl sites for hydroxylation is 2. The lowest BCUT2D eigenvalue weighted by Gasteiger charge is -2.10. The van der Waals surface area contributed by atoms with Crippen molar-refractivity contribution in [2.24, 2.45) is 0 Å². The number of nitrogens with one attached hydrogen (secondary N) is 1. The Bertz CT molecular complexity index is 1020. The lowest BCUT2D eigenvalue weighted by molar-refractivity contribution is 0.600. The van der Waals surface area contributed by atoms with Crippen molar-refractivity contribution in [3.63, 3.8) is 0 Å². The number of thiazole rings is 1. The van der Waals surface area contributed by atoms with E-state index in [2.05, 4.69) is 25.6 Å². The second-order valence-corrected chi connectivity index (χ2v) is 9.11. The van der Waals surface area contributed by atoms with E-state index in [1.165, 1.54) is 11.3 Å². The molecule has 0 amide bonds. The van der Waals surface area contributed by atoms with E-state index in [-0.39, 0.29) is 4.90 Å². The van der Waals surface area contributed by atoms with Crippen LogP contribution in [0, 0.1) is 13.8 Å². The number of hydrogen-bond acceptors (Lipinski definition) is 4. The fraction of sp³-hybridized carbons (Fsp3) is 0.133. The number of hydrogen-bond donors (Lipinski definition) is 1. The minimum Gasteiger partial charge on any atom is -0.255 e. The molecule has 0 spiro atoms. The number of rotatable bonds is 3. The van der Waals surface area contributed by atoms with Gasteiger partial charge in [0.1, 0.15) is 0 Å². The third-order valence-corrected chi connectivity index (χ3v) is 6.76. The van der Waals surface area contributed by atoms with Crippen molar-refractivity contribution in [1.82, 2.24) is 4.98 Å². The second kappa shape index (κ2) is 6.05. The minimum absolute atomic E-state index is 0.208. The lowest BCUT2D eigenvalue weighted by Crippen LogP contribution is -2.14. The van der Waals surface area contributed by atoms with Gasteiger partial charge < -0.3 is 0 Å². The molecule has 0 saturated heterocycles. The summed E-state index contributed by atoms with van der Waals surface area (Å²) in [5.41, 5.74) is 2.06. The molecule has 0 aliphatic carbocycles. The SMILES string of the molecule is Cc1cc(S(=O)(=O)Nc2nc3ccc(Br)cc3s2)c(C)cc1Cl. The standard InChI is InChI=1S/C15H12BrClN2O2S2/c1-8-6-14(9(2)5-11(8)17)23(20,21)19-15-18-12-4-3-10(16)7-13(12)22-15/h3-7H,1-2H3,(H,18,19). The van der Waals surface area contributed by atoms with Crippen LogP contribution in [0.2, 0.25) is 5.02 Å². The monoisotopic (exact) mass is 430 g/mol. The summed E-state index contributed by atoms with van der Waals surface area (Å²) in [6.45, 7) is 3.49. The molecular formula is C15H12BrClN2O2S2. The van der Waals surface area contributed by atoms with Crippen LogP contribution in [0.4, 0.5) is 5.13 Å². The van der Waals surface area contributed by atoms with E-state index in [0.29, 0.717) is 21.3 Å².